The number of piperazine rings is 1. The van der Waals surface area contributed by atoms with Crippen LogP contribution in [0.5, 0.6) is 0 Å². The minimum absolute atomic E-state index is 0.0142. The average molecular weight is 497 g/mol. The van der Waals surface area contributed by atoms with Crippen molar-refractivity contribution in [2.24, 2.45) is 0 Å². The summed E-state index contributed by atoms with van der Waals surface area (Å²) in [7, 11) is 0. The summed E-state index contributed by atoms with van der Waals surface area (Å²) in [6.07, 6.45) is 2.91. The molecule has 0 aromatic carbocycles. The first-order valence-corrected chi connectivity index (χ1v) is 12.0. The number of carbonyl (C=O) groups is 2. The second-order valence-electron chi connectivity index (χ2n) is 9.88. The van der Waals surface area contributed by atoms with Gasteiger partial charge in [0, 0.05) is 44.6 Å². The Morgan fingerprint density at radius 3 is 2.53 bits per heavy atom. The lowest BCUT2D eigenvalue weighted by Crippen LogP contribution is -2.55. The monoisotopic (exact) mass is 496 g/mol. The zero-order valence-corrected chi connectivity index (χ0v) is 21.5. The van der Waals surface area contributed by atoms with Crippen molar-refractivity contribution in [3.05, 3.63) is 46.1 Å². The molecule has 1 aliphatic rings. The van der Waals surface area contributed by atoms with Crippen LogP contribution in [0.15, 0.2) is 29.3 Å². The molecule has 1 N–H and O–H groups in total. The molecule has 0 unspecified atom stereocenters. The van der Waals surface area contributed by atoms with Crippen molar-refractivity contribution in [1.29, 1.82) is 0 Å². The number of aryl methyl sites for hydroxylation is 2. The third kappa shape index (κ3) is 5.16. The molecule has 192 valence electrons. The first kappa shape index (κ1) is 25.1. The van der Waals surface area contributed by atoms with Crippen molar-refractivity contribution in [1.82, 2.24) is 29.0 Å². The molecule has 2 amide bonds. The second-order valence-corrected chi connectivity index (χ2v) is 9.88. The second kappa shape index (κ2) is 9.59. The standard InChI is InChI=1S/C24H32N8O4/c1-7-31-21(34)17(14-30-12-15(2)25-22(30)31)20(33)26-18-8-9-19(28-27-18)29-10-11-32(16(3)13-29)23(35)36-24(4,5)6/h8-9,12,14,16H,7,10-11,13H2,1-6H3,(H,26,27,33)/t16-/m0/s1. The highest BCUT2D eigenvalue weighted by Crippen LogP contribution is 2.20. The van der Waals surface area contributed by atoms with Crippen LogP contribution < -0.4 is 15.8 Å². The number of nitrogens with zero attached hydrogens (tertiary/aromatic N) is 7. The lowest BCUT2D eigenvalue weighted by molar-refractivity contribution is 0.0158. The third-order valence-electron chi connectivity index (χ3n) is 5.85. The zero-order valence-electron chi connectivity index (χ0n) is 21.5. The van der Waals surface area contributed by atoms with Crippen LogP contribution in [-0.4, -0.2) is 72.3 Å². The molecule has 3 aromatic rings. The number of hydrogen-bond donors (Lipinski definition) is 1. The van der Waals surface area contributed by atoms with Gasteiger partial charge in [-0.25, -0.2) is 9.78 Å². The van der Waals surface area contributed by atoms with Crippen molar-refractivity contribution in [3.63, 3.8) is 0 Å². The largest absolute Gasteiger partial charge is 0.444 e. The van der Waals surface area contributed by atoms with Gasteiger partial charge in [-0.1, -0.05) is 0 Å². The first-order valence-electron chi connectivity index (χ1n) is 12.0. The number of carbonyl (C=O) groups excluding carboxylic acids is 2. The zero-order chi connectivity index (χ0) is 26.2. The van der Waals surface area contributed by atoms with E-state index in [2.05, 4.69) is 20.5 Å². The molecule has 3 aromatic heterocycles. The summed E-state index contributed by atoms with van der Waals surface area (Å²) in [5.74, 6) is 0.777. The number of anilines is 2. The Labute approximate surface area is 208 Å². The van der Waals surface area contributed by atoms with Crippen LogP contribution >= 0.6 is 0 Å². The summed E-state index contributed by atoms with van der Waals surface area (Å²) >= 11 is 0. The van der Waals surface area contributed by atoms with Gasteiger partial charge in [-0.15, -0.1) is 10.2 Å². The van der Waals surface area contributed by atoms with Gasteiger partial charge in [0.25, 0.3) is 11.5 Å². The summed E-state index contributed by atoms with van der Waals surface area (Å²) in [6.45, 7) is 13.2. The van der Waals surface area contributed by atoms with E-state index in [-0.39, 0.29) is 23.5 Å². The number of fused-ring (bicyclic) bond motifs is 1. The third-order valence-corrected chi connectivity index (χ3v) is 5.85. The Morgan fingerprint density at radius 1 is 1.17 bits per heavy atom. The number of amides is 2. The molecule has 0 spiro atoms. The van der Waals surface area contributed by atoms with E-state index >= 15 is 0 Å². The van der Waals surface area contributed by atoms with Crippen molar-refractivity contribution < 1.29 is 14.3 Å². The molecule has 12 heteroatoms. The van der Waals surface area contributed by atoms with Crippen molar-refractivity contribution in [2.75, 3.05) is 29.9 Å². The maximum atomic E-state index is 12.9. The highest BCUT2D eigenvalue weighted by Gasteiger charge is 2.31. The van der Waals surface area contributed by atoms with Gasteiger partial charge in [0.15, 0.2) is 11.6 Å². The molecule has 1 fully saturated rings. The first-order chi connectivity index (χ1) is 17.0. The fourth-order valence-corrected chi connectivity index (χ4v) is 4.17. The summed E-state index contributed by atoms with van der Waals surface area (Å²) in [4.78, 5) is 46.3. The molecule has 4 rings (SSSR count). The summed E-state index contributed by atoms with van der Waals surface area (Å²) in [5.41, 5.74) is -0.238. The van der Waals surface area contributed by atoms with E-state index in [9.17, 15) is 14.4 Å². The van der Waals surface area contributed by atoms with Gasteiger partial charge < -0.3 is 19.9 Å². The normalized spacial score (nSPS) is 16.3. The number of rotatable bonds is 4. The van der Waals surface area contributed by atoms with Gasteiger partial charge in [0.05, 0.1) is 5.69 Å². The van der Waals surface area contributed by atoms with E-state index in [1.165, 1.54) is 10.8 Å². The van der Waals surface area contributed by atoms with Crippen molar-refractivity contribution in [2.45, 2.75) is 59.7 Å². The van der Waals surface area contributed by atoms with E-state index in [1.54, 1.807) is 27.6 Å². The van der Waals surface area contributed by atoms with Gasteiger partial charge in [-0.2, -0.15) is 0 Å². The maximum absolute atomic E-state index is 12.9. The molecule has 36 heavy (non-hydrogen) atoms. The lowest BCUT2D eigenvalue weighted by Gasteiger charge is -2.40. The highest BCUT2D eigenvalue weighted by atomic mass is 16.6. The topological polar surface area (TPSA) is 127 Å². The van der Waals surface area contributed by atoms with Gasteiger partial charge in [0.2, 0.25) is 5.78 Å². The van der Waals surface area contributed by atoms with Crippen LogP contribution in [-0.2, 0) is 11.3 Å². The summed E-state index contributed by atoms with van der Waals surface area (Å²) in [6, 6.07) is 3.33. The van der Waals surface area contributed by atoms with Crippen LogP contribution in [0.25, 0.3) is 5.78 Å². The molecule has 0 radical (unpaired) electrons. The smallest absolute Gasteiger partial charge is 0.410 e. The number of hydrogen-bond acceptors (Lipinski definition) is 8. The molecular weight excluding hydrogens is 464 g/mol. The average Bonchev–Trinajstić information content (AvgIpc) is 3.17. The van der Waals surface area contributed by atoms with Gasteiger partial charge in [0.1, 0.15) is 11.2 Å². The van der Waals surface area contributed by atoms with E-state index < -0.39 is 17.1 Å². The minimum atomic E-state index is -0.572. The number of imidazole rings is 1. The fourth-order valence-electron chi connectivity index (χ4n) is 4.17. The molecule has 4 heterocycles. The number of nitrogens with one attached hydrogen (secondary N) is 1. The van der Waals surface area contributed by atoms with Crippen molar-refractivity contribution >= 4 is 29.4 Å². The van der Waals surface area contributed by atoms with Crippen molar-refractivity contribution in [3.8, 4) is 0 Å². The molecule has 1 aliphatic heterocycles. The predicted octanol–water partition coefficient (Wildman–Crippen LogP) is 2.31. The van der Waals surface area contributed by atoms with E-state index in [0.717, 1.165) is 5.69 Å². The predicted molar refractivity (Wildman–Crippen MR) is 134 cm³/mol. The molecule has 0 saturated carbocycles. The van der Waals surface area contributed by atoms with E-state index in [0.29, 0.717) is 37.8 Å². The van der Waals surface area contributed by atoms with E-state index in [1.807, 2.05) is 46.4 Å². The van der Waals surface area contributed by atoms with Crippen LogP contribution in [0, 0.1) is 6.92 Å². The van der Waals surface area contributed by atoms with Crippen LogP contribution in [0.2, 0.25) is 0 Å². The minimum Gasteiger partial charge on any atom is -0.444 e. The quantitative estimate of drug-likeness (QED) is 0.583. The Hall–Kier alpha value is -3.96. The Bertz CT molecular complexity index is 1340. The van der Waals surface area contributed by atoms with Gasteiger partial charge in [-0.05, 0) is 53.7 Å². The number of aromatic nitrogens is 5. The Morgan fingerprint density at radius 2 is 1.92 bits per heavy atom. The van der Waals surface area contributed by atoms with Crippen LogP contribution in [0.4, 0.5) is 16.4 Å². The molecule has 12 nitrogen and oxygen atoms in total. The maximum Gasteiger partial charge on any atom is 0.410 e. The van der Waals surface area contributed by atoms with Crippen LogP contribution in [0.3, 0.4) is 0 Å². The lowest BCUT2D eigenvalue weighted by atomic mass is 10.2. The summed E-state index contributed by atoms with van der Waals surface area (Å²) < 4.78 is 8.62. The molecule has 0 aliphatic carbocycles. The van der Waals surface area contributed by atoms with Crippen LogP contribution in [0.1, 0.15) is 50.7 Å². The Kier molecular flexibility index (Phi) is 6.70. The molecule has 0 bridgehead atoms. The van der Waals surface area contributed by atoms with Gasteiger partial charge >= 0.3 is 6.09 Å². The SMILES string of the molecule is CCn1c(=O)c(C(=O)Nc2ccc(N3CCN(C(=O)OC(C)(C)C)[C@@H](C)C3)nn2)cn2cc(C)nc12. The molecule has 1 saturated heterocycles. The number of ether oxygens (including phenoxy) is 1. The molecule has 1 atom stereocenters. The molecular formula is C24H32N8O4. The fraction of sp³-hybridized carbons (Fsp3) is 0.500. The highest BCUT2D eigenvalue weighted by molar-refractivity contribution is 6.03. The van der Waals surface area contributed by atoms with Gasteiger partial charge in [-0.3, -0.25) is 18.6 Å². The summed E-state index contributed by atoms with van der Waals surface area (Å²) in [5, 5.41) is 11.0. The Balaban J connectivity index is 1.44. The van der Waals surface area contributed by atoms with E-state index in [4.69, 9.17) is 4.74 Å².